The number of anilines is 1. The maximum absolute atomic E-state index is 13.0. The maximum atomic E-state index is 13.0. The molecule has 0 bridgehead atoms. The van der Waals surface area contributed by atoms with Crippen molar-refractivity contribution in [3.05, 3.63) is 97.9 Å². The molecule has 3 rings (SSSR count). The van der Waals surface area contributed by atoms with Crippen molar-refractivity contribution in [2.75, 3.05) is 5.32 Å². The van der Waals surface area contributed by atoms with Gasteiger partial charge in [0.15, 0.2) is 0 Å². The molecule has 0 aromatic heterocycles. The summed E-state index contributed by atoms with van der Waals surface area (Å²) in [6.45, 7) is -0.105. The first-order chi connectivity index (χ1) is 16.0. The lowest BCUT2D eigenvalue weighted by molar-refractivity contribution is 0.198. The Labute approximate surface area is 222 Å². The molecule has 178 valence electrons. The molecule has 0 aliphatic rings. The fourth-order valence-electron chi connectivity index (χ4n) is 2.78. The highest BCUT2D eigenvalue weighted by Gasteiger charge is 2.25. The van der Waals surface area contributed by atoms with Crippen molar-refractivity contribution < 1.29 is 13.2 Å². The van der Waals surface area contributed by atoms with Crippen LogP contribution in [0.15, 0.2) is 66.7 Å². The summed E-state index contributed by atoms with van der Waals surface area (Å²) in [7, 11) is -4.04. The molecule has 0 spiro atoms. The molecule has 2 N–H and O–H groups in total. The van der Waals surface area contributed by atoms with E-state index >= 15 is 0 Å². The van der Waals surface area contributed by atoms with Crippen molar-refractivity contribution in [2.45, 2.75) is 12.3 Å². The highest BCUT2D eigenvalue weighted by atomic mass is 35.5. The van der Waals surface area contributed by atoms with E-state index in [1.807, 2.05) is 0 Å². The number of halogens is 4. The van der Waals surface area contributed by atoms with Crippen LogP contribution in [0.25, 0.3) is 0 Å². The van der Waals surface area contributed by atoms with Crippen LogP contribution >= 0.6 is 58.6 Å². The molecule has 0 saturated heterocycles. The molecule has 0 radical (unpaired) electrons. The Kier molecular flexibility index (Phi) is 9.03. The van der Waals surface area contributed by atoms with E-state index in [4.69, 9.17) is 58.6 Å². The first-order valence-corrected chi connectivity index (χ1v) is 13.2. The molecule has 0 saturated carbocycles. The molecular formula is C22H17Cl4N3O3S2. The van der Waals surface area contributed by atoms with Crippen LogP contribution in [-0.4, -0.2) is 23.8 Å². The van der Waals surface area contributed by atoms with Crippen LogP contribution in [-0.2, 0) is 22.1 Å². The van der Waals surface area contributed by atoms with Crippen LogP contribution in [0, 0.1) is 0 Å². The monoisotopic (exact) mass is 575 g/mol. The number of carbonyl (C=O) groups excluding carboxylic acids is 1. The van der Waals surface area contributed by atoms with Gasteiger partial charge >= 0.3 is 6.03 Å². The van der Waals surface area contributed by atoms with Crippen molar-refractivity contribution in [3.8, 4) is 0 Å². The second-order valence-electron chi connectivity index (χ2n) is 7.01. The van der Waals surface area contributed by atoms with E-state index in [-0.39, 0.29) is 11.6 Å². The number of hydrogen-bond acceptors (Lipinski definition) is 4. The van der Waals surface area contributed by atoms with E-state index in [9.17, 15) is 13.2 Å². The molecule has 34 heavy (non-hydrogen) atoms. The average molecular weight is 577 g/mol. The van der Waals surface area contributed by atoms with Gasteiger partial charge in [0, 0.05) is 25.8 Å². The topological polar surface area (TPSA) is 78.5 Å². The smallest absolute Gasteiger partial charge is 0.306 e. The summed E-state index contributed by atoms with van der Waals surface area (Å²) in [5, 5.41) is 4.97. The Morgan fingerprint density at radius 1 is 0.853 bits per heavy atom. The van der Waals surface area contributed by atoms with Gasteiger partial charge in [-0.3, -0.25) is 5.43 Å². The second kappa shape index (κ2) is 11.6. The van der Waals surface area contributed by atoms with Gasteiger partial charge in [0.1, 0.15) is 0 Å². The van der Waals surface area contributed by atoms with Gasteiger partial charge in [-0.1, -0.05) is 76.7 Å². The Morgan fingerprint density at radius 3 is 1.97 bits per heavy atom. The molecule has 0 aliphatic carbocycles. The molecule has 2 amide bonds. The number of nitrogens with zero attached hydrogens (tertiary/aromatic N) is 1. The molecule has 0 atom stereocenters. The Bertz CT molecular complexity index is 1320. The molecule has 3 aromatic rings. The Hall–Kier alpha value is -2.07. The van der Waals surface area contributed by atoms with Crippen molar-refractivity contribution in [2.24, 2.45) is 0 Å². The number of urea groups is 1. The molecule has 6 nitrogen and oxygen atoms in total. The standard InChI is InChI=1S/C22H17Cl4N3O3S2/c23-16-8-6-14(19(25)10-16)12-29(21(30)27-18-4-2-1-3-5-18)28-22(33)34(31,32)13-15-7-9-17(24)11-20(15)26/h1-11H,12-13H2,(H,27,30)(H,28,33). The molecule has 0 heterocycles. The maximum Gasteiger partial charge on any atom is 0.340 e. The second-order valence-corrected chi connectivity index (χ2v) is 11.3. The summed E-state index contributed by atoms with van der Waals surface area (Å²) in [5.41, 5.74) is 3.86. The third-order valence-corrected chi connectivity index (χ3v) is 7.86. The van der Waals surface area contributed by atoms with Gasteiger partial charge in [-0.25, -0.2) is 18.2 Å². The number of hydrazine groups is 1. The number of amides is 2. The first kappa shape index (κ1) is 26.5. The molecule has 3 aromatic carbocycles. The third kappa shape index (κ3) is 7.21. The van der Waals surface area contributed by atoms with E-state index in [2.05, 4.69) is 10.7 Å². The van der Waals surface area contributed by atoms with E-state index in [1.165, 1.54) is 24.3 Å². The fraction of sp³-hybridized carbons (Fsp3) is 0.0909. The number of nitrogens with one attached hydrogen (secondary N) is 2. The van der Waals surface area contributed by atoms with Crippen LogP contribution in [0.5, 0.6) is 0 Å². The number of thiocarbonyl (C=S) groups is 1. The molecule has 0 aliphatic heterocycles. The minimum atomic E-state index is -4.04. The van der Waals surface area contributed by atoms with Gasteiger partial charge in [0.05, 0.1) is 12.3 Å². The number of hydrogen-bond donors (Lipinski definition) is 2. The lowest BCUT2D eigenvalue weighted by atomic mass is 10.2. The van der Waals surface area contributed by atoms with Crippen LogP contribution in [0.1, 0.15) is 11.1 Å². The summed E-state index contributed by atoms with van der Waals surface area (Å²) in [6, 6.07) is 17.2. The lowest BCUT2D eigenvalue weighted by Crippen LogP contribution is -2.49. The summed E-state index contributed by atoms with van der Waals surface area (Å²) in [6.07, 6.45) is 0. The van der Waals surface area contributed by atoms with Gasteiger partial charge in [-0.2, -0.15) is 0 Å². The van der Waals surface area contributed by atoms with Gasteiger partial charge in [-0.05, 0) is 59.7 Å². The summed E-state index contributed by atoms with van der Waals surface area (Å²) in [5.74, 6) is -0.481. The van der Waals surface area contributed by atoms with Crippen molar-refractivity contribution in [3.63, 3.8) is 0 Å². The van der Waals surface area contributed by atoms with Gasteiger partial charge < -0.3 is 5.32 Å². The largest absolute Gasteiger partial charge is 0.340 e. The van der Waals surface area contributed by atoms with E-state index < -0.39 is 25.9 Å². The molecule has 12 heteroatoms. The van der Waals surface area contributed by atoms with Gasteiger partial charge in [0.25, 0.3) is 0 Å². The van der Waals surface area contributed by atoms with Crippen LogP contribution in [0.4, 0.5) is 10.5 Å². The Balaban J connectivity index is 1.84. The zero-order valence-electron chi connectivity index (χ0n) is 17.3. The highest BCUT2D eigenvalue weighted by molar-refractivity contribution is 8.16. The van der Waals surface area contributed by atoms with Gasteiger partial charge in [0.2, 0.25) is 14.2 Å². The summed E-state index contributed by atoms with van der Waals surface area (Å²) < 4.78 is 25.3. The number of carbonyl (C=O) groups is 1. The minimum absolute atomic E-state index is 0.105. The zero-order chi connectivity index (χ0) is 24.9. The zero-order valence-corrected chi connectivity index (χ0v) is 21.9. The average Bonchev–Trinajstić information content (AvgIpc) is 2.77. The first-order valence-electron chi connectivity index (χ1n) is 9.60. The summed E-state index contributed by atoms with van der Waals surface area (Å²) in [4.78, 5) is 13.0. The fourth-order valence-corrected chi connectivity index (χ4v) is 5.13. The number of rotatable bonds is 5. The van der Waals surface area contributed by atoms with Crippen LogP contribution in [0.3, 0.4) is 0 Å². The molecule has 0 fully saturated rings. The highest BCUT2D eigenvalue weighted by Crippen LogP contribution is 2.24. The van der Waals surface area contributed by atoms with Crippen LogP contribution < -0.4 is 10.7 Å². The normalized spacial score (nSPS) is 11.1. The summed E-state index contributed by atoms with van der Waals surface area (Å²) >= 11 is 29.3. The van der Waals surface area contributed by atoms with E-state index in [0.717, 1.165) is 5.01 Å². The SMILES string of the molecule is O=C(Nc1ccccc1)N(Cc1ccc(Cl)cc1Cl)NC(=S)S(=O)(=O)Cc1ccc(Cl)cc1Cl. The molecule has 0 unspecified atom stereocenters. The lowest BCUT2D eigenvalue weighted by Gasteiger charge is -2.25. The number of benzene rings is 3. The minimum Gasteiger partial charge on any atom is -0.306 e. The van der Waals surface area contributed by atoms with Crippen molar-refractivity contribution in [1.29, 1.82) is 0 Å². The predicted octanol–water partition coefficient (Wildman–Crippen LogP) is 6.74. The quantitative estimate of drug-likeness (QED) is 0.260. The van der Waals surface area contributed by atoms with Crippen molar-refractivity contribution >= 4 is 84.5 Å². The van der Waals surface area contributed by atoms with E-state index in [0.29, 0.717) is 31.9 Å². The van der Waals surface area contributed by atoms with E-state index in [1.54, 1.807) is 42.5 Å². The van der Waals surface area contributed by atoms with Crippen molar-refractivity contribution in [1.82, 2.24) is 10.4 Å². The molecular weight excluding hydrogens is 560 g/mol. The van der Waals surface area contributed by atoms with Crippen LogP contribution in [0.2, 0.25) is 20.1 Å². The van der Waals surface area contributed by atoms with Gasteiger partial charge in [-0.15, -0.1) is 0 Å². The Morgan fingerprint density at radius 2 is 1.41 bits per heavy atom. The number of sulfone groups is 1. The number of para-hydroxylation sites is 1. The third-order valence-electron chi connectivity index (χ3n) is 4.48. The predicted molar refractivity (Wildman–Crippen MR) is 142 cm³/mol.